The highest BCUT2D eigenvalue weighted by molar-refractivity contribution is 8.01. The summed E-state index contributed by atoms with van der Waals surface area (Å²) in [6.07, 6.45) is 5.06. The number of hydrogen-bond acceptors (Lipinski definition) is 8. The fraction of sp³-hybridized carbons (Fsp3) is 0.182. The maximum absolute atomic E-state index is 4.93. The van der Waals surface area contributed by atoms with E-state index in [0.29, 0.717) is 34.9 Å². The molecule has 0 aliphatic carbocycles. The molecule has 52 heavy (non-hydrogen) atoms. The summed E-state index contributed by atoms with van der Waals surface area (Å²) in [5, 5.41) is 4.17. The lowest BCUT2D eigenvalue weighted by Crippen LogP contribution is -2.26. The summed E-state index contributed by atoms with van der Waals surface area (Å²) in [5.41, 5.74) is 6.23. The second-order valence-corrected chi connectivity index (χ2v) is 14.3. The third-order valence-corrected chi connectivity index (χ3v) is 11.0. The molecule has 8 heteroatoms. The molecule has 0 atom stereocenters. The minimum atomic E-state index is -0.171. The molecule has 0 fully saturated rings. The molecule has 0 saturated heterocycles. The van der Waals surface area contributed by atoms with Crippen molar-refractivity contribution in [2.24, 2.45) is 0 Å². The third-order valence-electron chi connectivity index (χ3n) is 9.36. The van der Waals surface area contributed by atoms with E-state index in [1.807, 2.05) is 72.1 Å². The van der Waals surface area contributed by atoms with E-state index in [1.165, 1.54) is 11.1 Å². The topological polar surface area (TPSA) is 77.3 Å². The standard InChI is InChI=1S/C44H40N6S2/c1-4-7-28-51-30-38-45-39(31-15-10-8-11-16-31)47-40(46-38)33-20-24-35(25-21-33)44(5-2,6-3)36-26-22-34(23-27-36)42-48-41(32-17-12-9-13-18-32)49-43(50-42)37-19-14-29-52-37/h7-29H,4-6,30H2,1-3H3/b28-7-. The molecule has 0 aliphatic rings. The van der Waals surface area contributed by atoms with Crippen molar-refractivity contribution in [3.8, 4) is 56.3 Å². The molecule has 3 heterocycles. The highest BCUT2D eigenvalue weighted by Crippen LogP contribution is 2.40. The van der Waals surface area contributed by atoms with Crippen LogP contribution in [-0.2, 0) is 11.2 Å². The maximum atomic E-state index is 4.93. The van der Waals surface area contributed by atoms with Gasteiger partial charge >= 0.3 is 0 Å². The van der Waals surface area contributed by atoms with Gasteiger partial charge in [-0.2, -0.15) is 0 Å². The van der Waals surface area contributed by atoms with Gasteiger partial charge in [0, 0.05) is 27.7 Å². The van der Waals surface area contributed by atoms with E-state index < -0.39 is 0 Å². The number of rotatable bonds is 13. The zero-order valence-electron chi connectivity index (χ0n) is 29.6. The van der Waals surface area contributed by atoms with E-state index in [0.717, 1.165) is 52.2 Å². The number of thiophene rings is 1. The normalized spacial score (nSPS) is 11.7. The van der Waals surface area contributed by atoms with Crippen LogP contribution >= 0.6 is 23.1 Å². The monoisotopic (exact) mass is 716 g/mol. The van der Waals surface area contributed by atoms with E-state index in [1.54, 1.807) is 23.1 Å². The van der Waals surface area contributed by atoms with Gasteiger partial charge in [0.15, 0.2) is 29.1 Å². The van der Waals surface area contributed by atoms with Gasteiger partial charge in [-0.15, -0.1) is 23.1 Å². The van der Waals surface area contributed by atoms with Crippen molar-refractivity contribution in [1.82, 2.24) is 29.9 Å². The summed E-state index contributed by atoms with van der Waals surface area (Å²) in [6, 6.07) is 41.9. The number of nitrogens with zero attached hydrogens (tertiary/aromatic N) is 6. The first kappa shape index (κ1) is 35.1. The smallest absolute Gasteiger partial charge is 0.174 e. The molecule has 4 aromatic carbocycles. The molecule has 3 aromatic heterocycles. The summed E-state index contributed by atoms with van der Waals surface area (Å²) >= 11 is 3.33. The van der Waals surface area contributed by atoms with Gasteiger partial charge in [-0.05, 0) is 47.2 Å². The average molecular weight is 717 g/mol. The fourth-order valence-corrected chi connectivity index (χ4v) is 7.82. The van der Waals surface area contributed by atoms with Crippen LogP contribution in [-0.4, -0.2) is 29.9 Å². The van der Waals surface area contributed by atoms with Crippen LogP contribution in [0.2, 0.25) is 0 Å². The van der Waals surface area contributed by atoms with E-state index in [9.17, 15) is 0 Å². The Morgan fingerprint density at radius 2 is 0.981 bits per heavy atom. The maximum Gasteiger partial charge on any atom is 0.174 e. The molecule has 0 aliphatic heterocycles. The van der Waals surface area contributed by atoms with Gasteiger partial charge in [-0.25, -0.2) is 29.9 Å². The Kier molecular flexibility index (Phi) is 11.0. The van der Waals surface area contributed by atoms with E-state index in [-0.39, 0.29) is 5.41 Å². The van der Waals surface area contributed by atoms with E-state index >= 15 is 0 Å². The van der Waals surface area contributed by atoms with Crippen LogP contribution in [0.15, 0.2) is 138 Å². The minimum Gasteiger partial charge on any atom is -0.212 e. The Morgan fingerprint density at radius 3 is 1.42 bits per heavy atom. The molecule has 0 bridgehead atoms. The first-order valence-electron chi connectivity index (χ1n) is 17.7. The van der Waals surface area contributed by atoms with Crippen LogP contribution in [0.3, 0.4) is 0 Å². The molecule has 0 unspecified atom stereocenters. The van der Waals surface area contributed by atoms with Crippen molar-refractivity contribution in [2.45, 2.75) is 51.2 Å². The summed E-state index contributed by atoms with van der Waals surface area (Å²) in [6.45, 7) is 6.68. The Bertz CT molecular complexity index is 2230. The molecular formula is C44H40N6S2. The quantitative estimate of drug-likeness (QED) is 0.118. The van der Waals surface area contributed by atoms with Gasteiger partial charge in [-0.3, -0.25) is 0 Å². The lowest BCUT2D eigenvalue weighted by atomic mass is 9.70. The summed E-state index contributed by atoms with van der Waals surface area (Å²) in [7, 11) is 0. The molecule has 7 aromatic rings. The van der Waals surface area contributed by atoms with Crippen LogP contribution in [0.4, 0.5) is 0 Å². The molecule has 7 rings (SSSR count). The van der Waals surface area contributed by atoms with Crippen LogP contribution in [0.5, 0.6) is 0 Å². The highest BCUT2D eigenvalue weighted by atomic mass is 32.2. The lowest BCUT2D eigenvalue weighted by molar-refractivity contribution is 0.478. The molecule has 0 spiro atoms. The lowest BCUT2D eigenvalue weighted by Gasteiger charge is -2.33. The van der Waals surface area contributed by atoms with Crippen LogP contribution in [0, 0.1) is 0 Å². The zero-order valence-corrected chi connectivity index (χ0v) is 31.2. The first-order valence-corrected chi connectivity index (χ1v) is 19.7. The van der Waals surface area contributed by atoms with Gasteiger partial charge in [0.2, 0.25) is 0 Å². The number of thioether (sulfide) groups is 1. The summed E-state index contributed by atoms with van der Waals surface area (Å²) in [4.78, 5) is 30.4. The van der Waals surface area contributed by atoms with E-state index in [2.05, 4.69) is 86.9 Å². The molecule has 0 saturated carbocycles. The SMILES string of the molecule is CC/C=C\SCc1nc(-c2ccccc2)nc(-c2ccc(C(CC)(CC)c3ccc(-c4nc(-c5ccccc5)nc(-c5cccs5)n4)cc3)cc2)n1. The zero-order chi connectivity index (χ0) is 35.8. The number of aromatic nitrogens is 6. The predicted molar refractivity (Wildman–Crippen MR) is 217 cm³/mol. The van der Waals surface area contributed by atoms with Gasteiger partial charge in [-0.1, -0.05) is 142 Å². The van der Waals surface area contributed by atoms with Gasteiger partial charge in [0.25, 0.3) is 0 Å². The van der Waals surface area contributed by atoms with Gasteiger partial charge in [0.1, 0.15) is 5.82 Å². The summed E-state index contributed by atoms with van der Waals surface area (Å²) < 4.78 is 0. The molecule has 258 valence electrons. The Morgan fingerprint density at radius 1 is 0.519 bits per heavy atom. The second-order valence-electron chi connectivity index (χ2n) is 12.4. The molecule has 0 amide bonds. The molecule has 6 nitrogen and oxygen atoms in total. The van der Waals surface area contributed by atoms with Crippen molar-refractivity contribution < 1.29 is 0 Å². The van der Waals surface area contributed by atoms with Crippen LogP contribution < -0.4 is 0 Å². The predicted octanol–water partition coefficient (Wildman–Crippen LogP) is 11.7. The molecule has 0 N–H and O–H groups in total. The van der Waals surface area contributed by atoms with Gasteiger partial charge < -0.3 is 0 Å². The summed E-state index contributed by atoms with van der Waals surface area (Å²) in [5.74, 6) is 4.85. The molecule has 0 radical (unpaired) electrons. The van der Waals surface area contributed by atoms with Crippen molar-refractivity contribution in [3.05, 3.63) is 155 Å². The van der Waals surface area contributed by atoms with Crippen LogP contribution in [0.1, 0.15) is 57.0 Å². The van der Waals surface area contributed by atoms with Crippen molar-refractivity contribution in [2.75, 3.05) is 0 Å². The third kappa shape index (κ3) is 7.64. The Hall–Kier alpha value is -5.31. The largest absolute Gasteiger partial charge is 0.212 e. The molecular weight excluding hydrogens is 677 g/mol. The number of benzene rings is 4. The van der Waals surface area contributed by atoms with Crippen molar-refractivity contribution >= 4 is 23.1 Å². The minimum absolute atomic E-state index is 0.171. The Balaban J connectivity index is 1.20. The number of hydrogen-bond donors (Lipinski definition) is 0. The average Bonchev–Trinajstić information content (AvgIpc) is 3.77. The fourth-order valence-electron chi connectivity index (χ4n) is 6.46. The van der Waals surface area contributed by atoms with Crippen molar-refractivity contribution in [3.63, 3.8) is 0 Å². The van der Waals surface area contributed by atoms with Crippen LogP contribution in [0.25, 0.3) is 56.3 Å². The Labute approximate surface area is 314 Å². The second kappa shape index (κ2) is 16.4. The van der Waals surface area contributed by atoms with E-state index in [4.69, 9.17) is 29.9 Å². The van der Waals surface area contributed by atoms with Crippen molar-refractivity contribution in [1.29, 1.82) is 0 Å². The van der Waals surface area contributed by atoms with Gasteiger partial charge in [0.05, 0.1) is 10.6 Å². The first-order chi connectivity index (χ1) is 25.6. The number of allylic oxidation sites excluding steroid dienone is 1. The highest BCUT2D eigenvalue weighted by Gasteiger charge is 2.31.